The summed E-state index contributed by atoms with van der Waals surface area (Å²) in [6.07, 6.45) is 4.45. The summed E-state index contributed by atoms with van der Waals surface area (Å²) in [4.78, 5) is 32.5. The lowest BCUT2D eigenvalue weighted by molar-refractivity contribution is -0.146. The number of fused-ring (bicyclic) bond motifs is 2. The highest BCUT2D eigenvalue weighted by atomic mass is 32.2. The van der Waals surface area contributed by atoms with E-state index in [0.717, 1.165) is 0 Å². The molecular formula is C21H22N4O5S. The summed E-state index contributed by atoms with van der Waals surface area (Å²) in [6.45, 7) is 3.48. The van der Waals surface area contributed by atoms with Crippen LogP contribution < -0.4 is 10.0 Å². The number of aliphatic carboxylic acids is 1. The summed E-state index contributed by atoms with van der Waals surface area (Å²) in [5, 5.41) is 12.2. The number of allylic oxidation sites excluding steroid dienone is 2. The van der Waals surface area contributed by atoms with E-state index in [1.54, 1.807) is 19.9 Å². The predicted molar refractivity (Wildman–Crippen MR) is 113 cm³/mol. The molecule has 4 atom stereocenters. The number of hydrogen-bond acceptors (Lipinski definition) is 6. The van der Waals surface area contributed by atoms with E-state index in [1.807, 2.05) is 12.2 Å². The number of nitrogens with zero attached hydrogens (tertiary/aromatic N) is 2. The molecule has 0 aliphatic heterocycles. The fraction of sp³-hybridized carbons (Fsp3) is 0.333. The van der Waals surface area contributed by atoms with Crippen LogP contribution >= 0.6 is 0 Å². The number of aromatic nitrogens is 2. The minimum atomic E-state index is -3.91. The summed E-state index contributed by atoms with van der Waals surface area (Å²) in [6, 6.07) is 7.38. The van der Waals surface area contributed by atoms with Gasteiger partial charge in [0.2, 0.25) is 11.9 Å². The van der Waals surface area contributed by atoms with E-state index in [0.29, 0.717) is 23.5 Å². The SMILES string of the molecule is Cc1cc(C)nc(NS(=O)(=O)c2ccc(NC(=O)[C@@H]3[C@H](C(=O)O)[C@H]4C=C[C@H]3C4)cc2)n1. The van der Waals surface area contributed by atoms with E-state index < -0.39 is 27.8 Å². The van der Waals surface area contributed by atoms with Gasteiger partial charge in [0.25, 0.3) is 10.0 Å². The van der Waals surface area contributed by atoms with Crippen LogP contribution in [0.4, 0.5) is 11.6 Å². The lowest BCUT2D eigenvalue weighted by Crippen LogP contribution is -2.36. The highest BCUT2D eigenvalue weighted by Gasteiger charge is 2.51. The summed E-state index contributed by atoms with van der Waals surface area (Å²) < 4.78 is 27.6. The van der Waals surface area contributed by atoms with Crippen molar-refractivity contribution in [1.82, 2.24) is 9.97 Å². The van der Waals surface area contributed by atoms with Crippen molar-refractivity contribution in [2.24, 2.45) is 23.7 Å². The van der Waals surface area contributed by atoms with Crippen LogP contribution in [0.15, 0.2) is 47.4 Å². The number of amides is 1. The Kier molecular flexibility index (Phi) is 5.26. The van der Waals surface area contributed by atoms with Gasteiger partial charge in [-0.3, -0.25) is 9.59 Å². The van der Waals surface area contributed by atoms with E-state index in [2.05, 4.69) is 20.0 Å². The first-order valence-corrected chi connectivity index (χ1v) is 11.3. The van der Waals surface area contributed by atoms with Crippen molar-refractivity contribution in [2.75, 3.05) is 10.0 Å². The van der Waals surface area contributed by atoms with Crippen molar-refractivity contribution >= 4 is 33.5 Å². The molecule has 0 unspecified atom stereocenters. The minimum Gasteiger partial charge on any atom is -0.481 e. The Balaban J connectivity index is 1.47. The third kappa shape index (κ3) is 4.15. The Morgan fingerprint density at radius 1 is 1.00 bits per heavy atom. The van der Waals surface area contributed by atoms with Crippen LogP contribution in [0.5, 0.6) is 0 Å². The number of anilines is 2. The monoisotopic (exact) mass is 442 g/mol. The molecule has 2 aliphatic rings. The van der Waals surface area contributed by atoms with Crippen molar-refractivity contribution in [3.63, 3.8) is 0 Å². The molecule has 0 radical (unpaired) electrons. The molecule has 1 amide bonds. The van der Waals surface area contributed by atoms with Crippen LogP contribution in [0.3, 0.4) is 0 Å². The molecule has 1 fully saturated rings. The number of carbonyl (C=O) groups excluding carboxylic acids is 1. The van der Waals surface area contributed by atoms with E-state index in [4.69, 9.17) is 0 Å². The lowest BCUT2D eigenvalue weighted by atomic mass is 9.82. The van der Waals surface area contributed by atoms with E-state index in [9.17, 15) is 23.1 Å². The number of carbonyl (C=O) groups is 2. The molecule has 1 aromatic heterocycles. The third-order valence-electron chi connectivity index (χ3n) is 5.69. The molecule has 9 nitrogen and oxygen atoms in total. The summed E-state index contributed by atoms with van der Waals surface area (Å²) >= 11 is 0. The van der Waals surface area contributed by atoms with Gasteiger partial charge in [-0.15, -0.1) is 0 Å². The second kappa shape index (κ2) is 7.77. The van der Waals surface area contributed by atoms with Crippen LogP contribution in [0.1, 0.15) is 17.8 Å². The molecule has 0 spiro atoms. The normalized spacial score (nSPS) is 24.2. The third-order valence-corrected chi connectivity index (χ3v) is 7.03. The molecule has 3 N–H and O–H groups in total. The minimum absolute atomic E-state index is 0.0143. The number of carboxylic acid groups (broad SMARTS) is 1. The summed E-state index contributed by atoms with van der Waals surface area (Å²) in [7, 11) is -3.91. The van der Waals surface area contributed by atoms with Crippen LogP contribution in [0, 0.1) is 37.5 Å². The maximum Gasteiger partial charge on any atom is 0.307 e. The number of sulfonamides is 1. The van der Waals surface area contributed by atoms with Gasteiger partial charge in [-0.2, -0.15) is 0 Å². The van der Waals surface area contributed by atoms with Crippen molar-refractivity contribution in [2.45, 2.75) is 25.2 Å². The predicted octanol–water partition coefficient (Wildman–Crippen LogP) is 2.36. The zero-order chi connectivity index (χ0) is 22.3. The van der Waals surface area contributed by atoms with E-state index in [1.165, 1.54) is 24.3 Å². The molecule has 2 aliphatic carbocycles. The molecule has 0 saturated heterocycles. The number of nitrogens with one attached hydrogen (secondary N) is 2. The van der Waals surface area contributed by atoms with Crippen LogP contribution in [-0.2, 0) is 19.6 Å². The van der Waals surface area contributed by atoms with Crippen molar-refractivity contribution in [3.05, 3.63) is 53.9 Å². The van der Waals surface area contributed by atoms with Crippen LogP contribution in [0.2, 0.25) is 0 Å². The summed E-state index contributed by atoms with van der Waals surface area (Å²) in [5.41, 5.74) is 1.67. The fourth-order valence-corrected chi connectivity index (χ4v) is 5.35. The standard InChI is InChI=1S/C21H22N4O5S/c1-11-9-12(2)23-21(22-11)25-31(29,30)16-7-5-15(6-8-16)24-19(26)17-13-3-4-14(10-13)18(17)20(27)28/h3-9,13-14,17-18H,10H2,1-2H3,(H,24,26)(H,27,28)(H,22,23,25)/t13-,14-,17-,18+/m0/s1. The van der Waals surface area contributed by atoms with Crippen molar-refractivity contribution in [3.8, 4) is 0 Å². The molecule has 2 bridgehead atoms. The highest BCUT2D eigenvalue weighted by Crippen LogP contribution is 2.48. The maximum absolute atomic E-state index is 12.8. The van der Waals surface area contributed by atoms with Gasteiger partial charge < -0.3 is 10.4 Å². The largest absolute Gasteiger partial charge is 0.481 e. The molecule has 31 heavy (non-hydrogen) atoms. The van der Waals surface area contributed by atoms with Gasteiger partial charge in [0, 0.05) is 17.1 Å². The molecule has 1 heterocycles. The Bertz CT molecular complexity index is 1160. The smallest absolute Gasteiger partial charge is 0.307 e. The van der Waals surface area contributed by atoms with Gasteiger partial charge in [0.1, 0.15) is 0 Å². The van der Waals surface area contributed by atoms with Crippen LogP contribution in [0.25, 0.3) is 0 Å². The van der Waals surface area contributed by atoms with Gasteiger partial charge in [-0.25, -0.2) is 23.1 Å². The van der Waals surface area contributed by atoms with Gasteiger partial charge in [0.15, 0.2) is 0 Å². The lowest BCUT2D eigenvalue weighted by Gasteiger charge is -2.23. The topological polar surface area (TPSA) is 138 Å². The Morgan fingerprint density at radius 3 is 2.16 bits per heavy atom. The Hall–Kier alpha value is -3.27. The van der Waals surface area contributed by atoms with Crippen LogP contribution in [-0.4, -0.2) is 35.4 Å². The zero-order valence-corrected chi connectivity index (χ0v) is 17.8. The second-order valence-corrected chi connectivity index (χ2v) is 9.61. The second-order valence-electron chi connectivity index (χ2n) is 7.93. The van der Waals surface area contributed by atoms with Crippen molar-refractivity contribution in [1.29, 1.82) is 0 Å². The van der Waals surface area contributed by atoms with Crippen molar-refractivity contribution < 1.29 is 23.1 Å². The number of aryl methyl sites for hydroxylation is 2. The number of hydrogen-bond donors (Lipinski definition) is 3. The highest BCUT2D eigenvalue weighted by molar-refractivity contribution is 7.92. The maximum atomic E-state index is 12.8. The quantitative estimate of drug-likeness (QED) is 0.584. The number of carboxylic acids is 1. The molecule has 162 valence electrons. The van der Waals surface area contributed by atoms with Gasteiger partial charge in [0.05, 0.1) is 16.7 Å². The average Bonchev–Trinajstić information content (AvgIpc) is 3.28. The Labute approximate surface area is 179 Å². The summed E-state index contributed by atoms with van der Waals surface area (Å²) in [5.74, 6) is -2.95. The molecule has 10 heteroatoms. The van der Waals surface area contributed by atoms with Gasteiger partial charge in [-0.05, 0) is 62.4 Å². The molecular weight excluding hydrogens is 420 g/mol. The number of rotatable bonds is 6. The molecule has 1 saturated carbocycles. The number of benzene rings is 1. The molecule has 4 rings (SSSR count). The Morgan fingerprint density at radius 2 is 1.58 bits per heavy atom. The van der Waals surface area contributed by atoms with E-state index >= 15 is 0 Å². The molecule has 1 aromatic carbocycles. The first kappa shape index (κ1) is 21.0. The molecule has 2 aromatic rings. The first-order chi connectivity index (χ1) is 14.6. The zero-order valence-electron chi connectivity index (χ0n) is 16.9. The average molecular weight is 442 g/mol. The van der Waals surface area contributed by atoms with Gasteiger partial charge >= 0.3 is 5.97 Å². The van der Waals surface area contributed by atoms with E-state index in [-0.39, 0.29) is 28.6 Å². The van der Waals surface area contributed by atoms with Gasteiger partial charge in [-0.1, -0.05) is 12.2 Å². The fourth-order valence-electron chi connectivity index (χ4n) is 4.41. The first-order valence-electron chi connectivity index (χ1n) is 9.81.